The number of rotatable bonds is 4. The lowest BCUT2D eigenvalue weighted by Gasteiger charge is -2.17. The van der Waals surface area contributed by atoms with Gasteiger partial charge in [0.25, 0.3) is 5.91 Å². The number of aliphatic hydroxyl groups is 1. The van der Waals surface area contributed by atoms with Crippen LogP contribution >= 0.6 is 0 Å². The molecule has 0 aliphatic rings. The van der Waals surface area contributed by atoms with Crippen molar-refractivity contribution >= 4 is 5.91 Å². The number of carbonyl (C=O) groups is 1. The van der Waals surface area contributed by atoms with Crippen molar-refractivity contribution in [1.29, 1.82) is 0 Å². The van der Waals surface area contributed by atoms with Crippen LogP contribution in [-0.2, 0) is 0 Å². The number of carbonyl (C=O) groups excluding carboxylic acids is 1. The molecule has 0 radical (unpaired) electrons. The highest BCUT2D eigenvalue weighted by Gasteiger charge is 2.17. The maximum Gasteiger partial charge on any atom is 0.254 e. The Bertz CT molecular complexity index is 413. The van der Waals surface area contributed by atoms with E-state index in [1.54, 1.807) is 13.8 Å². The minimum Gasteiger partial charge on any atom is -0.497 e. The van der Waals surface area contributed by atoms with Crippen LogP contribution in [0.25, 0.3) is 0 Å². The number of halogens is 1. The number of benzene rings is 1. The number of hydrogen-bond donors (Lipinski definition) is 2. The molecule has 0 saturated carbocycles. The standard InChI is InChI=1S/C12H16FNO3/c1-12(2,16)7-14-11(15)9-6-8(17-3)4-5-10(9)13/h4-6,16H,7H2,1-3H3,(H,14,15). The molecular weight excluding hydrogens is 225 g/mol. The van der Waals surface area contributed by atoms with E-state index >= 15 is 0 Å². The molecule has 0 saturated heterocycles. The van der Waals surface area contributed by atoms with Gasteiger partial charge in [0.1, 0.15) is 11.6 Å². The van der Waals surface area contributed by atoms with Crippen molar-refractivity contribution in [3.8, 4) is 5.75 Å². The van der Waals surface area contributed by atoms with Gasteiger partial charge in [-0.25, -0.2) is 4.39 Å². The molecule has 0 spiro atoms. The Morgan fingerprint density at radius 3 is 2.71 bits per heavy atom. The summed E-state index contributed by atoms with van der Waals surface area (Å²) in [6.07, 6.45) is 0. The highest BCUT2D eigenvalue weighted by atomic mass is 19.1. The number of amides is 1. The van der Waals surface area contributed by atoms with E-state index in [-0.39, 0.29) is 12.1 Å². The molecule has 1 amide bonds. The van der Waals surface area contributed by atoms with E-state index in [1.807, 2.05) is 0 Å². The van der Waals surface area contributed by atoms with Crippen LogP contribution in [0.5, 0.6) is 5.75 Å². The second-order valence-corrected chi connectivity index (χ2v) is 4.34. The SMILES string of the molecule is COc1ccc(F)c(C(=O)NCC(C)(C)O)c1. The number of methoxy groups -OCH3 is 1. The average Bonchev–Trinajstić information content (AvgIpc) is 2.25. The van der Waals surface area contributed by atoms with E-state index < -0.39 is 17.3 Å². The minimum absolute atomic E-state index is 0.0441. The van der Waals surface area contributed by atoms with Crippen molar-refractivity contribution in [2.24, 2.45) is 0 Å². The molecule has 0 aromatic heterocycles. The largest absolute Gasteiger partial charge is 0.497 e. The highest BCUT2D eigenvalue weighted by molar-refractivity contribution is 5.94. The summed E-state index contributed by atoms with van der Waals surface area (Å²) < 4.78 is 18.3. The summed E-state index contributed by atoms with van der Waals surface area (Å²) in [6, 6.07) is 3.91. The molecule has 17 heavy (non-hydrogen) atoms. The van der Waals surface area contributed by atoms with E-state index in [1.165, 1.54) is 19.2 Å². The maximum atomic E-state index is 13.4. The van der Waals surface area contributed by atoms with Crippen LogP contribution < -0.4 is 10.1 Å². The number of hydrogen-bond acceptors (Lipinski definition) is 3. The Balaban J connectivity index is 2.81. The molecule has 0 fully saturated rings. The summed E-state index contributed by atoms with van der Waals surface area (Å²) in [5.74, 6) is -0.803. The molecule has 0 aliphatic carbocycles. The van der Waals surface area contributed by atoms with Crippen LogP contribution in [-0.4, -0.2) is 30.3 Å². The van der Waals surface area contributed by atoms with Gasteiger partial charge in [-0.15, -0.1) is 0 Å². The Labute approximate surface area is 99.4 Å². The molecule has 0 aliphatic heterocycles. The first-order valence-corrected chi connectivity index (χ1v) is 5.17. The van der Waals surface area contributed by atoms with Gasteiger partial charge in [0.15, 0.2) is 0 Å². The molecule has 1 aromatic rings. The molecule has 0 heterocycles. The molecule has 0 atom stereocenters. The third-order valence-corrected chi connectivity index (χ3v) is 2.10. The first-order valence-electron chi connectivity index (χ1n) is 5.17. The second kappa shape index (κ2) is 5.14. The molecule has 4 nitrogen and oxygen atoms in total. The van der Waals surface area contributed by atoms with Crippen molar-refractivity contribution in [3.05, 3.63) is 29.6 Å². The average molecular weight is 241 g/mol. The van der Waals surface area contributed by atoms with E-state index in [2.05, 4.69) is 5.32 Å². The summed E-state index contributed by atoms with van der Waals surface area (Å²) in [4.78, 5) is 11.7. The monoisotopic (exact) mass is 241 g/mol. The maximum absolute atomic E-state index is 13.4. The van der Waals surface area contributed by atoms with Crippen LogP contribution in [0.2, 0.25) is 0 Å². The van der Waals surface area contributed by atoms with Crippen LogP contribution in [0.15, 0.2) is 18.2 Å². The second-order valence-electron chi connectivity index (χ2n) is 4.34. The van der Waals surface area contributed by atoms with Gasteiger partial charge in [0, 0.05) is 6.54 Å². The zero-order chi connectivity index (χ0) is 13.1. The van der Waals surface area contributed by atoms with Crippen molar-refractivity contribution < 1.29 is 19.0 Å². The fraction of sp³-hybridized carbons (Fsp3) is 0.417. The molecule has 0 bridgehead atoms. The summed E-state index contributed by atoms with van der Waals surface area (Å²) in [6.45, 7) is 3.15. The quantitative estimate of drug-likeness (QED) is 0.836. The predicted molar refractivity (Wildman–Crippen MR) is 61.6 cm³/mol. The van der Waals surface area contributed by atoms with E-state index in [0.29, 0.717) is 5.75 Å². The van der Waals surface area contributed by atoms with Gasteiger partial charge in [-0.2, -0.15) is 0 Å². The van der Waals surface area contributed by atoms with Gasteiger partial charge in [-0.1, -0.05) is 0 Å². The molecule has 94 valence electrons. The first kappa shape index (κ1) is 13.4. The van der Waals surface area contributed by atoms with Crippen molar-refractivity contribution in [3.63, 3.8) is 0 Å². The molecule has 0 unspecified atom stereocenters. The first-order chi connectivity index (χ1) is 7.83. The summed E-state index contributed by atoms with van der Waals surface area (Å²) in [5.41, 5.74) is -1.14. The lowest BCUT2D eigenvalue weighted by molar-refractivity contribution is 0.0692. The lowest BCUT2D eigenvalue weighted by atomic mass is 10.1. The van der Waals surface area contributed by atoms with Gasteiger partial charge in [-0.3, -0.25) is 4.79 Å². The van der Waals surface area contributed by atoms with E-state index in [4.69, 9.17) is 4.74 Å². The van der Waals surface area contributed by atoms with Gasteiger partial charge >= 0.3 is 0 Å². The molecule has 5 heteroatoms. The molecule has 2 N–H and O–H groups in total. The third kappa shape index (κ3) is 4.03. The Kier molecular flexibility index (Phi) is 4.07. The van der Waals surface area contributed by atoms with Crippen molar-refractivity contribution in [2.45, 2.75) is 19.4 Å². The smallest absolute Gasteiger partial charge is 0.254 e. The van der Waals surface area contributed by atoms with Crippen molar-refractivity contribution in [1.82, 2.24) is 5.32 Å². The zero-order valence-electron chi connectivity index (χ0n) is 10.1. The molecule has 1 aromatic carbocycles. The minimum atomic E-state index is -1.04. The van der Waals surface area contributed by atoms with Gasteiger partial charge in [0.2, 0.25) is 0 Å². The van der Waals surface area contributed by atoms with E-state index in [9.17, 15) is 14.3 Å². The van der Waals surface area contributed by atoms with Crippen LogP contribution in [0.1, 0.15) is 24.2 Å². The zero-order valence-corrected chi connectivity index (χ0v) is 10.1. The third-order valence-electron chi connectivity index (χ3n) is 2.10. The summed E-state index contributed by atoms with van der Waals surface area (Å²) in [7, 11) is 1.44. The van der Waals surface area contributed by atoms with Crippen molar-refractivity contribution in [2.75, 3.05) is 13.7 Å². The fourth-order valence-electron chi connectivity index (χ4n) is 1.20. The predicted octanol–water partition coefficient (Wildman–Crippen LogP) is 1.33. The fourth-order valence-corrected chi connectivity index (χ4v) is 1.20. The Morgan fingerprint density at radius 1 is 1.53 bits per heavy atom. The van der Waals surface area contributed by atoms with Gasteiger partial charge in [-0.05, 0) is 32.0 Å². The number of nitrogens with one attached hydrogen (secondary N) is 1. The molecule has 1 rings (SSSR count). The Morgan fingerprint density at radius 2 is 2.18 bits per heavy atom. The van der Waals surface area contributed by atoms with E-state index in [0.717, 1.165) is 6.07 Å². The Hall–Kier alpha value is -1.62. The van der Waals surface area contributed by atoms with Crippen LogP contribution in [0.3, 0.4) is 0 Å². The van der Waals surface area contributed by atoms with Crippen LogP contribution in [0.4, 0.5) is 4.39 Å². The van der Waals surface area contributed by atoms with Gasteiger partial charge in [0.05, 0.1) is 18.3 Å². The number of ether oxygens (including phenoxy) is 1. The van der Waals surface area contributed by atoms with Crippen LogP contribution in [0, 0.1) is 5.82 Å². The highest BCUT2D eigenvalue weighted by Crippen LogP contribution is 2.16. The normalized spacial score (nSPS) is 11.1. The summed E-state index contributed by atoms with van der Waals surface area (Å²) in [5, 5.41) is 11.9. The summed E-state index contributed by atoms with van der Waals surface area (Å²) >= 11 is 0. The molecular formula is C12H16FNO3. The van der Waals surface area contributed by atoms with Gasteiger partial charge < -0.3 is 15.2 Å². The lowest BCUT2D eigenvalue weighted by Crippen LogP contribution is -2.38. The topological polar surface area (TPSA) is 58.6 Å².